The monoisotopic (exact) mass is 462 g/mol. The van der Waals surface area contributed by atoms with Crippen LogP contribution in [0.15, 0.2) is 72.8 Å². The Hall–Kier alpha value is -4.87. The minimum atomic E-state index is -1.06. The Morgan fingerprint density at radius 3 is 1.80 bits per heavy atom. The highest BCUT2D eigenvalue weighted by molar-refractivity contribution is 5.91. The normalized spacial score (nSPS) is 9.91. The number of ether oxygens (including phenoxy) is 3. The van der Waals surface area contributed by atoms with Crippen molar-refractivity contribution in [2.45, 2.75) is 0 Å². The van der Waals surface area contributed by atoms with Gasteiger partial charge in [0.25, 0.3) is 0 Å². The molecule has 0 saturated carbocycles. The van der Waals surface area contributed by atoms with Gasteiger partial charge in [0.15, 0.2) is 0 Å². The van der Waals surface area contributed by atoms with E-state index in [0.29, 0.717) is 28.2 Å². The topological polar surface area (TPSA) is 65.0 Å². The fraction of sp³-hybridized carbons (Fsp3) is 0.100. The number of carboxylic acids is 1. The number of rotatable bonds is 4. The average molecular weight is 463 g/mol. The van der Waals surface area contributed by atoms with Crippen LogP contribution in [0.4, 0.5) is 0 Å². The second-order valence-corrected chi connectivity index (χ2v) is 7.53. The summed E-state index contributed by atoms with van der Waals surface area (Å²) in [5.74, 6) is 12.8. The van der Waals surface area contributed by atoms with E-state index in [1.165, 1.54) is 13.2 Å². The smallest absolute Gasteiger partial charge is 0.339 e. The molecule has 0 unspecified atom stereocenters. The molecule has 35 heavy (non-hydrogen) atoms. The first-order valence-corrected chi connectivity index (χ1v) is 10.7. The number of hydrogen-bond acceptors (Lipinski definition) is 4. The summed E-state index contributed by atoms with van der Waals surface area (Å²) >= 11 is 0. The molecule has 0 heterocycles. The average Bonchev–Trinajstić information content (AvgIpc) is 2.89. The Balaban J connectivity index is 1.72. The van der Waals surface area contributed by atoms with Crippen LogP contribution in [-0.2, 0) is 0 Å². The predicted octanol–water partition coefficient (Wildman–Crippen LogP) is 5.36. The van der Waals surface area contributed by atoms with E-state index in [9.17, 15) is 9.90 Å². The van der Waals surface area contributed by atoms with Crippen LogP contribution in [0.3, 0.4) is 0 Å². The summed E-state index contributed by atoms with van der Waals surface area (Å²) in [6, 6.07) is 22.5. The SMILES string of the molecule is COc1cc(OC)c(C#Cc2ccc3ccccc3c2)cc1C#Cc1ccc(C(=O)O)c(OC)c1. The van der Waals surface area contributed by atoms with E-state index in [1.807, 2.05) is 36.4 Å². The third kappa shape index (κ3) is 5.21. The summed E-state index contributed by atoms with van der Waals surface area (Å²) in [4.78, 5) is 11.3. The molecule has 4 aromatic rings. The minimum Gasteiger partial charge on any atom is -0.496 e. The van der Waals surface area contributed by atoms with E-state index < -0.39 is 5.97 Å². The molecule has 0 atom stereocenters. The number of methoxy groups -OCH3 is 3. The molecule has 0 saturated heterocycles. The van der Waals surface area contributed by atoms with Gasteiger partial charge in [-0.25, -0.2) is 4.79 Å². The molecule has 0 radical (unpaired) electrons. The van der Waals surface area contributed by atoms with Gasteiger partial charge in [-0.1, -0.05) is 54.0 Å². The van der Waals surface area contributed by atoms with Crippen molar-refractivity contribution < 1.29 is 24.1 Å². The highest BCUT2D eigenvalue weighted by Crippen LogP contribution is 2.29. The van der Waals surface area contributed by atoms with Gasteiger partial charge in [-0.3, -0.25) is 0 Å². The number of carboxylic acid groups (broad SMARTS) is 1. The van der Waals surface area contributed by atoms with Gasteiger partial charge in [-0.05, 0) is 47.2 Å². The second kappa shape index (κ2) is 10.4. The van der Waals surface area contributed by atoms with Crippen molar-refractivity contribution in [1.82, 2.24) is 0 Å². The molecular weight excluding hydrogens is 440 g/mol. The molecule has 0 aliphatic heterocycles. The van der Waals surface area contributed by atoms with Gasteiger partial charge in [0.05, 0.1) is 32.5 Å². The van der Waals surface area contributed by atoms with Crippen LogP contribution in [0.5, 0.6) is 17.2 Å². The first-order chi connectivity index (χ1) is 17.0. The second-order valence-electron chi connectivity index (χ2n) is 7.53. The fourth-order valence-corrected chi connectivity index (χ4v) is 3.59. The zero-order valence-corrected chi connectivity index (χ0v) is 19.5. The third-order valence-corrected chi connectivity index (χ3v) is 5.39. The molecule has 172 valence electrons. The van der Waals surface area contributed by atoms with Crippen LogP contribution in [0.25, 0.3) is 10.8 Å². The van der Waals surface area contributed by atoms with Crippen molar-refractivity contribution in [3.63, 3.8) is 0 Å². The summed E-state index contributed by atoms with van der Waals surface area (Å²) in [6.07, 6.45) is 0. The van der Waals surface area contributed by atoms with Crippen LogP contribution in [0.2, 0.25) is 0 Å². The van der Waals surface area contributed by atoms with E-state index in [4.69, 9.17) is 14.2 Å². The number of hydrogen-bond donors (Lipinski definition) is 1. The molecule has 1 N–H and O–H groups in total. The number of fused-ring (bicyclic) bond motifs is 1. The standard InChI is InChI=1S/C30H22O5/c1-33-27-19-28(34-2)25(14-10-21-11-15-26(30(31)32)29(17-21)35-3)18-24(27)13-9-20-8-12-22-6-4-5-7-23(22)16-20/h4-8,11-12,15-19H,1-3H3,(H,31,32). The van der Waals surface area contributed by atoms with Crippen molar-refractivity contribution in [2.75, 3.05) is 21.3 Å². The zero-order valence-electron chi connectivity index (χ0n) is 19.5. The Bertz CT molecular complexity index is 1540. The van der Waals surface area contributed by atoms with Crippen molar-refractivity contribution >= 4 is 16.7 Å². The molecule has 0 aromatic heterocycles. The summed E-state index contributed by atoms with van der Waals surface area (Å²) in [6.45, 7) is 0. The highest BCUT2D eigenvalue weighted by atomic mass is 16.5. The molecule has 4 aromatic carbocycles. The van der Waals surface area contributed by atoms with Crippen molar-refractivity contribution in [3.05, 3.63) is 101 Å². The molecule has 4 rings (SSSR count). The highest BCUT2D eigenvalue weighted by Gasteiger charge is 2.11. The first kappa shape index (κ1) is 23.3. The Kier molecular flexibility index (Phi) is 6.91. The van der Waals surface area contributed by atoms with E-state index in [1.54, 1.807) is 32.4 Å². The molecule has 0 aliphatic rings. The largest absolute Gasteiger partial charge is 0.496 e. The van der Waals surface area contributed by atoms with Gasteiger partial charge in [0.2, 0.25) is 0 Å². The van der Waals surface area contributed by atoms with E-state index in [0.717, 1.165) is 16.3 Å². The lowest BCUT2D eigenvalue weighted by Gasteiger charge is -2.09. The van der Waals surface area contributed by atoms with Crippen molar-refractivity contribution in [2.24, 2.45) is 0 Å². The molecule has 0 fully saturated rings. The predicted molar refractivity (Wildman–Crippen MR) is 135 cm³/mol. The van der Waals surface area contributed by atoms with Gasteiger partial charge >= 0.3 is 5.97 Å². The Morgan fingerprint density at radius 2 is 1.20 bits per heavy atom. The van der Waals surface area contributed by atoms with Crippen LogP contribution in [-0.4, -0.2) is 32.4 Å². The molecule has 0 amide bonds. The van der Waals surface area contributed by atoms with Crippen LogP contribution in [0.1, 0.15) is 32.6 Å². The van der Waals surface area contributed by atoms with Crippen LogP contribution >= 0.6 is 0 Å². The van der Waals surface area contributed by atoms with Crippen molar-refractivity contribution in [1.29, 1.82) is 0 Å². The summed E-state index contributed by atoms with van der Waals surface area (Å²) in [5.41, 5.74) is 2.86. The van der Waals surface area contributed by atoms with Gasteiger partial charge < -0.3 is 19.3 Å². The van der Waals surface area contributed by atoms with E-state index in [2.05, 4.69) is 35.8 Å². The maximum absolute atomic E-state index is 11.3. The maximum atomic E-state index is 11.3. The van der Waals surface area contributed by atoms with E-state index >= 15 is 0 Å². The first-order valence-electron chi connectivity index (χ1n) is 10.7. The molecule has 0 spiro atoms. The Morgan fingerprint density at radius 1 is 0.629 bits per heavy atom. The van der Waals surface area contributed by atoms with Gasteiger partial charge in [0, 0.05) is 17.2 Å². The lowest BCUT2D eigenvalue weighted by atomic mass is 10.1. The molecule has 5 nitrogen and oxygen atoms in total. The molecule has 0 aliphatic carbocycles. The lowest BCUT2D eigenvalue weighted by Crippen LogP contribution is -2.00. The number of aromatic carboxylic acids is 1. The van der Waals surface area contributed by atoms with Crippen LogP contribution < -0.4 is 14.2 Å². The zero-order chi connectivity index (χ0) is 24.8. The van der Waals surface area contributed by atoms with Crippen LogP contribution in [0, 0.1) is 23.7 Å². The third-order valence-electron chi connectivity index (χ3n) is 5.39. The number of carbonyl (C=O) groups is 1. The Labute approximate surface area is 203 Å². The quantitative estimate of drug-likeness (QED) is 0.414. The van der Waals surface area contributed by atoms with E-state index in [-0.39, 0.29) is 11.3 Å². The lowest BCUT2D eigenvalue weighted by molar-refractivity contribution is 0.0693. The molecule has 5 heteroatoms. The molecular formula is C30H22O5. The maximum Gasteiger partial charge on any atom is 0.339 e. The summed E-state index contributed by atoms with van der Waals surface area (Å²) < 4.78 is 16.2. The summed E-state index contributed by atoms with van der Waals surface area (Å²) in [5, 5.41) is 11.6. The van der Waals surface area contributed by atoms with Gasteiger partial charge in [-0.15, -0.1) is 0 Å². The van der Waals surface area contributed by atoms with Gasteiger partial charge in [-0.2, -0.15) is 0 Å². The summed E-state index contributed by atoms with van der Waals surface area (Å²) in [7, 11) is 4.56. The fourth-order valence-electron chi connectivity index (χ4n) is 3.59. The number of benzene rings is 4. The molecule has 0 bridgehead atoms. The minimum absolute atomic E-state index is 0.0753. The van der Waals surface area contributed by atoms with Crippen molar-refractivity contribution in [3.8, 4) is 40.9 Å². The van der Waals surface area contributed by atoms with Gasteiger partial charge in [0.1, 0.15) is 22.8 Å².